The molecule has 1 aliphatic rings. The van der Waals surface area contributed by atoms with Gasteiger partial charge in [0, 0.05) is 51.7 Å². The predicted molar refractivity (Wildman–Crippen MR) is 117 cm³/mol. The number of hydrogen-bond donors (Lipinski definition) is 3. The third kappa shape index (κ3) is 6.70. The van der Waals surface area contributed by atoms with Crippen LogP contribution in [0.5, 0.6) is 5.75 Å². The number of rotatable bonds is 9. The van der Waals surface area contributed by atoms with Gasteiger partial charge in [0.15, 0.2) is 0 Å². The van der Waals surface area contributed by atoms with E-state index in [-0.39, 0.29) is 23.6 Å². The summed E-state index contributed by atoms with van der Waals surface area (Å²) in [5.41, 5.74) is 1.50. The van der Waals surface area contributed by atoms with Crippen molar-refractivity contribution in [1.82, 2.24) is 20.9 Å². The van der Waals surface area contributed by atoms with Crippen LogP contribution < -0.4 is 20.7 Å². The largest absolute Gasteiger partial charge is 0.488 e. The van der Waals surface area contributed by atoms with E-state index in [1.165, 1.54) is 24.4 Å². The SMILES string of the molecule is CNC(=O)c1ccnc(CNCC2CNCCO2)c1/N=C/COc1ccc(F)c(Cl)c1. The fourth-order valence-corrected chi connectivity index (χ4v) is 3.19. The molecule has 1 atom stereocenters. The van der Waals surface area contributed by atoms with Crippen LogP contribution in [-0.2, 0) is 11.3 Å². The molecule has 0 radical (unpaired) electrons. The Bertz CT molecular complexity index is 922. The number of nitrogens with zero attached hydrogens (tertiary/aromatic N) is 2. The molecule has 1 amide bonds. The normalized spacial score (nSPS) is 16.4. The van der Waals surface area contributed by atoms with Gasteiger partial charge in [-0.05, 0) is 18.2 Å². The van der Waals surface area contributed by atoms with Gasteiger partial charge >= 0.3 is 0 Å². The highest BCUT2D eigenvalue weighted by Crippen LogP contribution is 2.23. The number of pyridine rings is 1. The molecule has 0 aliphatic carbocycles. The van der Waals surface area contributed by atoms with Crippen molar-refractivity contribution in [2.75, 3.05) is 39.9 Å². The van der Waals surface area contributed by atoms with Crippen molar-refractivity contribution < 1.29 is 18.7 Å². The first-order chi connectivity index (χ1) is 15.1. The fourth-order valence-electron chi connectivity index (χ4n) is 3.02. The van der Waals surface area contributed by atoms with Crippen LogP contribution in [0.3, 0.4) is 0 Å². The topological polar surface area (TPSA) is 96.9 Å². The van der Waals surface area contributed by atoms with Gasteiger partial charge in [-0.2, -0.15) is 0 Å². The first kappa shape index (κ1) is 23.1. The third-order valence-electron chi connectivity index (χ3n) is 4.58. The molecule has 10 heteroatoms. The molecular weight excluding hydrogens is 425 g/mol. The summed E-state index contributed by atoms with van der Waals surface area (Å²) >= 11 is 5.76. The molecule has 1 aromatic carbocycles. The van der Waals surface area contributed by atoms with E-state index in [4.69, 9.17) is 21.1 Å². The molecular formula is C21H25ClFN5O3. The lowest BCUT2D eigenvalue weighted by Crippen LogP contribution is -2.43. The van der Waals surface area contributed by atoms with E-state index in [0.717, 1.165) is 13.1 Å². The Morgan fingerprint density at radius 2 is 2.35 bits per heavy atom. The molecule has 1 fully saturated rings. The van der Waals surface area contributed by atoms with Crippen molar-refractivity contribution in [2.45, 2.75) is 12.6 Å². The lowest BCUT2D eigenvalue weighted by molar-refractivity contribution is 0.0290. The molecule has 166 valence electrons. The van der Waals surface area contributed by atoms with Crippen LogP contribution >= 0.6 is 11.6 Å². The van der Waals surface area contributed by atoms with Crippen LogP contribution in [0.25, 0.3) is 0 Å². The molecule has 0 bridgehead atoms. The first-order valence-corrected chi connectivity index (χ1v) is 10.3. The minimum Gasteiger partial charge on any atom is -0.488 e. The van der Waals surface area contributed by atoms with E-state index in [9.17, 15) is 9.18 Å². The lowest BCUT2D eigenvalue weighted by atomic mass is 10.1. The van der Waals surface area contributed by atoms with Gasteiger partial charge in [0.25, 0.3) is 5.91 Å². The predicted octanol–water partition coefficient (Wildman–Crippen LogP) is 2.09. The van der Waals surface area contributed by atoms with Gasteiger partial charge in [0.2, 0.25) is 0 Å². The minimum atomic E-state index is -0.514. The zero-order valence-electron chi connectivity index (χ0n) is 17.2. The van der Waals surface area contributed by atoms with Crippen molar-refractivity contribution in [3.63, 3.8) is 0 Å². The van der Waals surface area contributed by atoms with Crippen molar-refractivity contribution in [1.29, 1.82) is 0 Å². The second kappa shape index (κ2) is 11.7. The number of hydrogen-bond acceptors (Lipinski definition) is 7. The molecule has 1 saturated heterocycles. The number of benzene rings is 1. The third-order valence-corrected chi connectivity index (χ3v) is 4.87. The van der Waals surface area contributed by atoms with Gasteiger partial charge in [-0.3, -0.25) is 14.8 Å². The molecule has 3 N–H and O–H groups in total. The highest BCUT2D eigenvalue weighted by Gasteiger charge is 2.16. The Morgan fingerprint density at radius 1 is 1.48 bits per heavy atom. The summed E-state index contributed by atoms with van der Waals surface area (Å²) in [6, 6.07) is 5.72. The standard InChI is InChI=1S/C21H25ClFN5O3/c1-24-21(29)16-4-5-27-19(13-26-12-15-11-25-6-8-31-15)20(16)28-7-9-30-14-2-3-18(23)17(22)10-14/h2-5,7,10,15,25-26H,6,8-9,11-13H2,1H3,(H,24,29)/b28-7+. The molecule has 1 aliphatic heterocycles. The van der Waals surface area contributed by atoms with E-state index < -0.39 is 5.82 Å². The highest BCUT2D eigenvalue weighted by molar-refractivity contribution is 6.30. The van der Waals surface area contributed by atoms with Crippen LogP contribution in [0.15, 0.2) is 35.5 Å². The number of carbonyl (C=O) groups is 1. The second-order valence-electron chi connectivity index (χ2n) is 6.76. The molecule has 8 nitrogen and oxygen atoms in total. The number of ether oxygens (including phenoxy) is 2. The average molecular weight is 450 g/mol. The summed E-state index contributed by atoms with van der Waals surface area (Å²) in [5, 5.41) is 9.18. The smallest absolute Gasteiger partial charge is 0.253 e. The Labute approximate surface area is 185 Å². The van der Waals surface area contributed by atoms with Gasteiger partial charge in [-0.25, -0.2) is 4.39 Å². The van der Waals surface area contributed by atoms with E-state index in [1.807, 2.05) is 0 Å². The molecule has 3 rings (SSSR count). The molecule has 1 unspecified atom stereocenters. The van der Waals surface area contributed by atoms with E-state index in [1.54, 1.807) is 19.3 Å². The summed E-state index contributed by atoms with van der Waals surface area (Å²) < 4.78 is 24.5. The highest BCUT2D eigenvalue weighted by atomic mass is 35.5. The zero-order valence-corrected chi connectivity index (χ0v) is 17.9. The van der Waals surface area contributed by atoms with Crippen molar-refractivity contribution in [3.05, 3.63) is 52.6 Å². The van der Waals surface area contributed by atoms with Crippen molar-refractivity contribution in [3.8, 4) is 5.75 Å². The van der Waals surface area contributed by atoms with E-state index >= 15 is 0 Å². The van der Waals surface area contributed by atoms with Gasteiger partial charge in [-0.15, -0.1) is 0 Å². The number of aromatic nitrogens is 1. The second-order valence-corrected chi connectivity index (χ2v) is 7.17. The Balaban J connectivity index is 1.67. The summed E-state index contributed by atoms with van der Waals surface area (Å²) in [4.78, 5) is 21.1. The molecule has 31 heavy (non-hydrogen) atoms. The fraction of sp³-hybridized carbons (Fsp3) is 0.381. The maximum Gasteiger partial charge on any atom is 0.253 e. The summed E-state index contributed by atoms with van der Waals surface area (Å²) in [6.07, 6.45) is 3.19. The average Bonchev–Trinajstić information content (AvgIpc) is 2.79. The molecule has 0 spiro atoms. The number of carbonyl (C=O) groups excluding carboxylic acids is 1. The molecule has 2 aromatic rings. The first-order valence-electron chi connectivity index (χ1n) is 9.92. The van der Waals surface area contributed by atoms with Crippen LogP contribution in [0.4, 0.5) is 10.1 Å². The van der Waals surface area contributed by atoms with Crippen LogP contribution in [0.2, 0.25) is 5.02 Å². The maximum absolute atomic E-state index is 13.3. The lowest BCUT2D eigenvalue weighted by Gasteiger charge is -2.23. The zero-order chi connectivity index (χ0) is 22.1. The van der Waals surface area contributed by atoms with Crippen molar-refractivity contribution >= 4 is 29.4 Å². The summed E-state index contributed by atoms with van der Waals surface area (Å²) in [6.45, 7) is 3.51. The Hall–Kier alpha value is -2.59. The van der Waals surface area contributed by atoms with E-state index in [0.29, 0.717) is 42.4 Å². The monoisotopic (exact) mass is 449 g/mol. The molecule has 1 aromatic heterocycles. The quantitative estimate of drug-likeness (QED) is 0.507. The van der Waals surface area contributed by atoms with Crippen LogP contribution in [-0.4, -0.2) is 63.1 Å². The maximum atomic E-state index is 13.3. The minimum absolute atomic E-state index is 0.0193. The number of aliphatic imine (C=N–C) groups is 1. The number of amides is 1. The summed E-state index contributed by atoms with van der Waals surface area (Å²) in [5.74, 6) is -0.361. The van der Waals surface area contributed by atoms with Gasteiger partial charge in [0.05, 0.1) is 34.7 Å². The van der Waals surface area contributed by atoms with Gasteiger partial charge < -0.3 is 25.4 Å². The molecule has 2 heterocycles. The van der Waals surface area contributed by atoms with Crippen LogP contribution in [0, 0.1) is 5.82 Å². The van der Waals surface area contributed by atoms with Crippen LogP contribution in [0.1, 0.15) is 16.1 Å². The van der Waals surface area contributed by atoms with Gasteiger partial charge in [0.1, 0.15) is 18.2 Å². The number of nitrogens with one attached hydrogen (secondary N) is 3. The summed E-state index contributed by atoms with van der Waals surface area (Å²) in [7, 11) is 1.56. The molecule has 0 saturated carbocycles. The number of morpholine rings is 1. The van der Waals surface area contributed by atoms with Crippen molar-refractivity contribution in [2.24, 2.45) is 4.99 Å². The number of halogens is 2. The van der Waals surface area contributed by atoms with Gasteiger partial charge in [-0.1, -0.05) is 11.6 Å². The van der Waals surface area contributed by atoms with E-state index in [2.05, 4.69) is 25.9 Å². The Kier molecular flexibility index (Phi) is 8.72. The Morgan fingerprint density at radius 3 is 3.10 bits per heavy atom.